The van der Waals surface area contributed by atoms with Crippen LogP contribution in [0.15, 0.2) is 73.1 Å². The van der Waals surface area contributed by atoms with Crippen LogP contribution in [-0.4, -0.2) is 26.9 Å². The number of nitrogens with zero attached hydrogens (tertiary/aromatic N) is 3. The second-order valence-corrected chi connectivity index (χ2v) is 7.36. The minimum absolute atomic E-state index is 0.0110. The van der Waals surface area contributed by atoms with E-state index in [0.29, 0.717) is 12.2 Å². The van der Waals surface area contributed by atoms with E-state index in [0.717, 1.165) is 40.9 Å². The Kier molecular flexibility index (Phi) is 4.37. The Morgan fingerprint density at radius 1 is 1.00 bits per heavy atom. The summed E-state index contributed by atoms with van der Waals surface area (Å²) in [5, 5.41) is 9.38. The lowest BCUT2D eigenvalue weighted by Gasteiger charge is -2.28. The number of aliphatic hydroxyl groups excluding tert-OH is 1. The van der Waals surface area contributed by atoms with Crippen molar-refractivity contribution in [2.75, 3.05) is 11.4 Å². The number of pyridine rings is 1. The lowest BCUT2D eigenvalue weighted by molar-refractivity contribution is 0.0981. The molecule has 0 unspecified atom stereocenters. The van der Waals surface area contributed by atoms with Crippen LogP contribution < -0.4 is 4.90 Å². The molecule has 3 heterocycles. The number of aromatic nitrogens is 2. The van der Waals surface area contributed by atoms with Crippen molar-refractivity contribution in [3.8, 4) is 11.1 Å². The van der Waals surface area contributed by atoms with E-state index in [1.807, 2.05) is 70.1 Å². The Labute approximate surface area is 168 Å². The van der Waals surface area contributed by atoms with Gasteiger partial charge in [0.2, 0.25) is 0 Å². The van der Waals surface area contributed by atoms with Crippen molar-refractivity contribution in [1.29, 1.82) is 0 Å². The molecule has 29 heavy (non-hydrogen) atoms. The number of rotatable bonds is 3. The third-order valence-electron chi connectivity index (χ3n) is 5.47. The zero-order valence-corrected chi connectivity index (χ0v) is 16.0. The van der Waals surface area contributed by atoms with Gasteiger partial charge >= 0.3 is 0 Å². The molecule has 5 heteroatoms. The van der Waals surface area contributed by atoms with Crippen molar-refractivity contribution >= 4 is 17.2 Å². The lowest BCUT2D eigenvalue weighted by Crippen LogP contribution is -2.35. The third kappa shape index (κ3) is 3.19. The molecule has 144 valence electrons. The van der Waals surface area contributed by atoms with Crippen LogP contribution >= 0.6 is 0 Å². The minimum atomic E-state index is -0.0651. The smallest absolute Gasteiger partial charge is 0.278 e. The maximum Gasteiger partial charge on any atom is 0.278 e. The van der Waals surface area contributed by atoms with Crippen molar-refractivity contribution in [2.24, 2.45) is 0 Å². The number of amides is 1. The van der Waals surface area contributed by atoms with Gasteiger partial charge in [-0.05, 0) is 59.4 Å². The molecule has 0 radical (unpaired) electrons. The van der Waals surface area contributed by atoms with Crippen LogP contribution in [0.4, 0.5) is 5.69 Å². The molecule has 0 fully saturated rings. The Hall–Kier alpha value is -3.44. The van der Waals surface area contributed by atoms with Crippen molar-refractivity contribution in [1.82, 2.24) is 9.38 Å². The molecule has 0 bridgehead atoms. The molecule has 0 aliphatic carbocycles. The molecular formula is C24H21N3O2. The monoisotopic (exact) mass is 383 g/mol. The number of carbonyl (C=O) groups excluding carboxylic acids is 1. The number of aliphatic hydroxyl groups is 1. The van der Waals surface area contributed by atoms with Crippen LogP contribution in [-0.2, 0) is 13.0 Å². The Morgan fingerprint density at radius 3 is 2.79 bits per heavy atom. The number of anilines is 1. The maximum absolute atomic E-state index is 13.2. The predicted molar refractivity (Wildman–Crippen MR) is 113 cm³/mol. The first-order valence-corrected chi connectivity index (χ1v) is 9.81. The van der Waals surface area contributed by atoms with Crippen LogP contribution in [0.5, 0.6) is 0 Å². The summed E-state index contributed by atoms with van der Waals surface area (Å²) >= 11 is 0. The molecule has 2 aromatic carbocycles. The van der Waals surface area contributed by atoms with E-state index in [1.165, 1.54) is 5.56 Å². The first kappa shape index (κ1) is 17.6. The molecule has 1 aliphatic heterocycles. The standard InChI is InChI=1S/C24H21N3O2/c28-16-17-5-3-7-19(13-17)20-10-11-23-25-21(15-26(23)14-20)24(29)27-12-4-8-18-6-1-2-9-22(18)27/h1-3,5-7,9-11,13-15,28H,4,8,12,16H2. The molecule has 5 nitrogen and oxygen atoms in total. The SMILES string of the molecule is O=C(c1cn2cc(-c3cccc(CO)c3)ccc2n1)N1CCCc2ccccc21. The molecule has 1 aliphatic rings. The molecule has 5 rings (SSSR count). The van der Waals surface area contributed by atoms with Gasteiger partial charge in [0.25, 0.3) is 5.91 Å². The van der Waals surface area contributed by atoms with E-state index in [4.69, 9.17) is 0 Å². The summed E-state index contributed by atoms with van der Waals surface area (Å²) in [7, 11) is 0. The minimum Gasteiger partial charge on any atom is -0.392 e. The van der Waals surface area contributed by atoms with Crippen LogP contribution in [0, 0.1) is 0 Å². The summed E-state index contributed by atoms with van der Waals surface area (Å²) in [6.45, 7) is 0.722. The van der Waals surface area contributed by atoms with Gasteiger partial charge in [0, 0.05) is 24.6 Å². The van der Waals surface area contributed by atoms with E-state index in [9.17, 15) is 9.90 Å². The number of fused-ring (bicyclic) bond motifs is 2. The predicted octanol–water partition coefficient (Wildman–Crippen LogP) is 4.09. The van der Waals surface area contributed by atoms with Crippen molar-refractivity contribution in [3.05, 3.63) is 89.9 Å². The molecular weight excluding hydrogens is 362 g/mol. The highest BCUT2D eigenvalue weighted by Crippen LogP contribution is 2.28. The Balaban J connectivity index is 1.50. The highest BCUT2D eigenvalue weighted by molar-refractivity contribution is 6.05. The number of imidazole rings is 1. The summed E-state index contributed by atoms with van der Waals surface area (Å²) in [5.74, 6) is -0.0651. The van der Waals surface area contributed by atoms with E-state index in [1.54, 1.807) is 6.20 Å². The highest BCUT2D eigenvalue weighted by atomic mass is 16.3. The molecule has 0 spiro atoms. The fourth-order valence-corrected chi connectivity index (χ4v) is 4.00. The summed E-state index contributed by atoms with van der Waals surface area (Å²) in [4.78, 5) is 19.6. The van der Waals surface area contributed by atoms with Crippen molar-refractivity contribution < 1.29 is 9.90 Å². The van der Waals surface area contributed by atoms with Crippen LogP contribution in [0.25, 0.3) is 16.8 Å². The average molecular weight is 383 g/mol. The molecule has 4 aromatic rings. The third-order valence-corrected chi connectivity index (χ3v) is 5.47. The van der Waals surface area contributed by atoms with Crippen LogP contribution in [0.2, 0.25) is 0 Å². The maximum atomic E-state index is 13.2. The van der Waals surface area contributed by atoms with Crippen LogP contribution in [0.3, 0.4) is 0 Å². The van der Waals surface area contributed by atoms with E-state index in [-0.39, 0.29) is 12.5 Å². The lowest BCUT2D eigenvalue weighted by atomic mass is 10.0. The molecule has 0 saturated heterocycles. The number of hydrogen-bond acceptors (Lipinski definition) is 3. The number of hydrogen-bond donors (Lipinski definition) is 1. The summed E-state index contributed by atoms with van der Waals surface area (Å²) in [6.07, 6.45) is 5.73. The number of para-hydroxylation sites is 1. The van der Waals surface area contributed by atoms with Gasteiger partial charge in [-0.25, -0.2) is 4.98 Å². The van der Waals surface area contributed by atoms with Crippen molar-refractivity contribution in [3.63, 3.8) is 0 Å². The summed E-state index contributed by atoms with van der Waals surface area (Å²) in [6, 6.07) is 19.8. The molecule has 0 atom stereocenters. The largest absolute Gasteiger partial charge is 0.392 e. The number of aryl methyl sites for hydroxylation is 1. The number of benzene rings is 2. The van der Waals surface area contributed by atoms with E-state index < -0.39 is 0 Å². The van der Waals surface area contributed by atoms with Gasteiger partial charge < -0.3 is 14.4 Å². The number of carbonyl (C=O) groups is 1. The van der Waals surface area contributed by atoms with Gasteiger partial charge in [0.05, 0.1) is 6.61 Å². The Morgan fingerprint density at radius 2 is 1.90 bits per heavy atom. The second-order valence-electron chi connectivity index (χ2n) is 7.36. The second kappa shape index (κ2) is 7.18. The van der Waals surface area contributed by atoms with Gasteiger partial charge in [0.15, 0.2) is 0 Å². The summed E-state index contributed by atoms with van der Waals surface area (Å²) < 4.78 is 1.89. The molecule has 0 saturated carbocycles. The van der Waals surface area contributed by atoms with E-state index in [2.05, 4.69) is 11.1 Å². The first-order chi connectivity index (χ1) is 14.2. The zero-order chi connectivity index (χ0) is 19.8. The van der Waals surface area contributed by atoms with Crippen molar-refractivity contribution in [2.45, 2.75) is 19.4 Å². The quantitative estimate of drug-likeness (QED) is 0.580. The summed E-state index contributed by atoms with van der Waals surface area (Å²) in [5.41, 5.74) is 6.28. The van der Waals surface area contributed by atoms with Gasteiger partial charge in [-0.2, -0.15) is 0 Å². The normalized spacial score (nSPS) is 13.5. The van der Waals surface area contributed by atoms with Gasteiger partial charge in [-0.3, -0.25) is 4.79 Å². The topological polar surface area (TPSA) is 57.8 Å². The van der Waals surface area contributed by atoms with Gasteiger partial charge in [-0.15, -0.1) is 0 Å². The molecule has 1 amide bonds. The Bertz CT molecular complexity index is 1210. The fourth-order valence-electron chi connectivity index (χ4n) is 4.00. The van der Waals surface area contributed by atoms with E-state index >= 15 is 0 Å². The highest BCUT2D eigenvalue weighted by Gasteiger charge is 2.25. The van der Waals surface area contributed by atoms with Gasteiger partial charge in [0.1, 0.15) is 11.3 Å². The first-order valence-electron chi connectivity index (χ1n) is 9.81. The van der Waals surface area contributed by atoms with Crippen LogP contribution in [0.1, 0.15) is 28.0 Å². The zero-order valence-electron chi connectivity index (χ0n) is 16.0. The average Bonchev–Trinajstić information content (AvgIpc) is 3.21. The molecule has 2 aromatic heterocycles. The molecule has 1 N–H and O–H groups in total. The fraction of sp³-hybridized carbons (Fsp3) is 0.167. The van der Waals surface area contributed by atoms with Gasteiger partial charge in [-0.1, -0.05) is 36.4 Å².